The molecule has 0 saturated heterocycles. The van der Waals surface area contributed by atoms with Gasteiger partial charge >= 0.3 is 0 Å². The van der Waals surface area contributed by atoms with Crippen LogP contribution in [0.3, 0.4) is 0 Å². The van der Waals surface area contributed by atoms with Crippen LogP contribution >= 0.6 is 10.7 Å². The first-order chi connectivity index (χ1) is 3.56. The van der Waals surface area contributed by atoms with Gasteiger partial charge in [-0.05, 0) is 6.42 Å². The highest BCUT2D eigenvalue weighted by molar-refractivity contribution is 8.13. The minimum atomic E-state index is -3.45. The summed E-state index contributed by atoms with van der Waals surface area (Å²) in [5.41, 5.74) is 0. The third-order valence-electron chi connectivity index (χ3n) is 0.522. The van der Waals surface area contributed by atoms with Crippen molar-refractivity contribution in [1.82, 2.24) is 0 Å². The van der Waals surface area contributed by atoms with Gasteiger partial charge in [-0.25, -0.2) is 8.42 Å². The van der Waals surface area contributed by atoms with E-state index in [1.165, 1.54) is 0 Å². The van der Waals surface area contributed by atoms with Crippen molar-refractivity contribution in [2.75, 3.05) is 12.4 Å². The van der Waals surface area contributed by atoms with Gasteiger partial charge in [0.05, 0.1) is 12.4 Å². The molecule has 50 valence electrons. The Bertz CT molecular complexity index is 141. The fraction of sp³-hybridized carbons (Fsp3) is 1.00. The molecular weight excluding hydrogens is 155 g/mol. The number of alkyl halides is 1. The molecule has 0 spiro atoms. The van der Waals surface area contributed by atoms with Crippen LogP contribution in [0.15, 0.2) is 0 Å². The van der Waals surface area contributed by atoms with Crippen LogP contribution in [-0.4, -0.2) is 20.8 Å². The fourth-order valence-electron chi connectivity index (χ4n) is 0.227. The molecule has 0 heterocycles. The largest absolute Gasteiger partial charge is 0.251 e. The lowest BCUT2D eigenvalue weighted by molar-refractivity contribution is 0.485. The average Bonchev–Trinajstić information content (AvgIpc) is 1.59. The van der Waals surface area contributed by atoms with E-state index in [9.17, 15) is 12.8 Å². The maximum absolute atomic E-state index is 11.2. The molecule has 0 saturated carbocycles. The predicted octanol–water partition coefficient (Wildman–Crippen LogP) is 0.915. The topological polar surface area (TPSA) is 34.1 Å². The second kappa shape index (κ2) is 3.25. The van der Waals surface area contributed by atoms with Crippen LogP contribution in [0.1, 0.15) is 6.42 Å². The van der Waals surface area contributed by atoms with Crippen LogP contribution in [0.2, 0.25) is 0 Å². The first-order valence-electron chi connectivity index (χ1n) is 2.04. The van der Waals surface area contributed by atoms with Gasteiger partial charge in [0.1, 0.15) is 0 Å². The van der Waals surface area contributed by atoms with Gasteiger partial charge in [0.2, 0.25) is 9.05 Å². The fourth-order valence-corrected chi connectivity index (χ4v) is 1.01. The van der Waals surface area contributed by atoms with E-state index in [4.69, 9.17) is 10.7 Å². The van der Waals surface area contributed by atoms with Crippen LogP contribution in [0, 0.1) is 0 Å². The zero-order chi connectivity index (χ0) is 6.62. The molecule has 5 heteroatoms. The second-order valence-corrected chi connectivity index (χ2v) is 4.18. The van der Waals surface area contributed by atoms with Gasteiger partial charge in [-0.1, -0.05) is 0 Å². The number of hydrogen-bond donors (Lipinski definition) is 0. The van der Waals surface area contributed by atoms with Gasteiger partial charge in [0.25, 0.3) is 0 Å². The minimum absolute atomic E-state index is 0.00810. The van der Waals surface area contributed by atoms with Crippen LogP contribution in [0.5, 0.6) is 0 Å². The van der Waals surface area contributed by atoms with Gasteiger partial charge in [-0.3, -0.25) is 4.39 Å². The van der Waals surface area contributed by atoms with Crippen molar-refractivity contribution in [2.45, 2.75) is 6.42 Å². The molecule has 0 amide bonds. The second-order valence-electron chi connectivity index (χ2n) is 1.29. The lowest BCUT2D eigenvalue weighted by atomic mass is 10.6. The van der Waals surface area contributed by atoms with Crippen LogP contribution in [-0.2, 0) is 9.05 Å². The number of halogens is 2. The van der Waals surface area contributed by atoms with Crippen LogP contribution in [0.4, 0.5) is 4.39 Å². The zero-order valence-corrected chi connectivity index (χ0v) is 5.67. The molecule has 0 aromatic heterocycles. The van der Waals surface area contributed by atoms with E-state index in [0.29, 0.717) is 0 Å². The summed E-state index contributed by atoms with van der Waals surface area (Å²) in [5, 5.41) is 0. The van der Waals surface area contributed by atoms with Gasteiger partial charge in [-0.15, -0.1) is 0 Å². The lowest BCUT2D eigenvalue weighted by Gasteiger charge is -1.87. The number of rotatable bonds is 3. The molecule has 0 aliphatic rings. The van der Waals surface area contributed by atoms with Crippen molar-refractivity contribution < 1.29 is 12.8 Å². The van der Waals surface area contributed by atoms with Crippen molar-refractivity contribution in [3.8, 4) is 0 Å². The predicted molar refractivity (Wildman–Crippen MR) is 30.2 cm³/mol. The Labute approximate surface area is 52.1 Å². The van der Waals surface area contributed by atoms with Crippen molar-refractivity contribution in [1.29, 1.82) is 0 Å². The highest BCUT2D eigenvalue weighted by atomic mass is 35.7. The highest BCUT2D eigenvalue weighted by Crippen LogP contribution is 1.97. The smallest absolute Gasteiger partial charge is 0.232 e. The standard InChI is InChI=1S/C3H6ClFO2S/c4-8(6,7)3-1-2-5/h1-3H2. The molecule has 0 N–H and O–H groups in total. The Morgan fingerprint density at radius 2 is 2.00 bits per heavy atom. The molecule has 0 aromatic carbocycles. The maximum atomic E-state index is 11.2. The first-order valence-corrected chi connectivity index (χ1v) is 4.52. The van der Waals surface area contributed by atoms with E-state index in [0.717, 1.165) is 0 Å². The van der Waals surface area contributed by atoms with E-state index in [1.807, 2.05) is 0 Å². The molecule has 0 atom stereocenters. The van der Waals surface area contributed by atoms with Gasteiger partial charge < -0.3 is 0 Å². The van der Waals surface area contributed by atoms with Crippen LogP contribution < -0.4 is 0 Å². The summed E-state index contributed by atoms with van der Waals surface area (Å²) >= 11 is 0. The van der Waals surface area contributed by atoms with Crippen molar-refractivity contribution in [2.24, 2.45) is 0 Å². The first kappa shape index (κ1) is 8.17. The molecule has 2 nitrogen and oxygen atoms in total. The molecule has 0 radical (unpaired) electrons. The Kier molecular flexibility index (Phi) is 3.31. The van der Waals surface area contributed by atoms with Crippen molar-refractivity contribution in [3.63, 3.8) is 0 Å². The van der Waals surface area contributed by atoms with Gasteiger partial charge in [0.15, 0.2) is 0 Å². The van der Waals surface area contributed by atoms with E-state index < -0.39 is 15.7 Å². The van der Waals surface area contributed by atoms with Crippen molar-refractivity contribution in [3.05, 3.63) is 0 Å². The lowest BCUT2D eigenvalue weighted by Crippen LogP contribution is -1.96. The van der Waals surface area contributed by atoms with Crippen LogP contribution in [0.25, 0.3) is 0 Å². The summed E-state index contributed by atoms with van der Waals surface area (Å²) in [6.07, 6.45) is -0.00810. The molecule has 0 rings (SSSR count). The quantitative estimate of drug-likeness (QED) is 0.576. The zero-order valence-electron chi connectivity index (χ0n) is 4.10. The summed E-state index contributed by atoms with van der Waals surface area (Å²) in [5.74, 6) is -0.273. The van der Waals surface area contributed by atoms with Gasteiger partial charge in [-0.2, -0.15) is 0 Å². The summed E-state index contributed by atoms with van der Waals surface area (Å²) in [4.78, 5) is 0. The van der Waals surface area contributed by atoms with Crippen molar-refractivity contribution >= 4 is 19.7 Å². The normalized spacial score (nSPS) is 11.8. The molecule has 0 aromatic rings. The summed E-state index contributed by atoms with van der Waals surface area (Å²) in [6.45, 7) is -0.633. The Hall–Kier alpha value is 0.170. The Balaban J connectivity index is 3.42. The molecule has 0 aliphatic heterocycles. The van der Waals surface area contributed by atoms with E-state index in [2.05, 4.69) is 0 Å². The molecule has 0 unspecified atom stereocenters. The summed E-state index contributed by atoms with van der Waals surface area (Å²) in [7, 11) is 1.26. The minimum Gasteiger partial charge on any atom is -0.251 e. The Morgan fingerprint density at radius 1 is 1.50 bits per heavy atom. The number of hydrogen-bond acceptors (Lipinski definition) is 2. The SMILES string of the molecule is O=S(=O)(Cl)CCCF. The molecule has 0 aliphatic carbocycles. The van der Waals surface area contributed by atoms with E-state index >= 15 is 0 Å². The summed E-state index contributed by atoms with van der Waals surface area (Å²) < 4.78 is 31.2. The maximum Gasteiger partial charge on any atom is 0.232 e. The third-order valence-corrected chi connectivity index (χ3v) is 1.76. The Morgan fingerprint density at radius 3 is 2.12 bits per heavy atom. The monoisotopic (exact) mass is 160 g/mol. The molecular formula is C3H6ClFO2S. The molecule has 8 heavy (non-hydrogen) atoms. The van der Waals surface area contributed by atoms with E-state index in [1.54, 1.807) is 0 Å². The molecule has 0 fully saturated rings. The van der Waals surface area contributed by atoms with E-state index in [-0.39, 0.29) is 12.2 Å². The third kappa shape index (κ3) is 6.17. The molecule has 0 bridgehead atoms. The summed E-state index contributed by atoms with van der Waals surface area (Å²) in [6, 6.07) is 0. The average molecular weight is 161 g/mol. The van der Waals surface area contributed by atoms with Gasteiger partial charge in [0, 0.05) is 10.7 Å². The highest BCUT2D eigenvalue weighted by Gasteiger charge is 2.02.